The van der Waals surface area contributed by atoms with Gasteiger partial charge in [0.2, 0.25) is 11.7 Å². The number of nitrogens with zero attached hydrogens (tertiary/aromatic N) is 5. The van der Waals surface area contributed by atoms with E-state index in [-0.39, 0.29) is 23.8 Å². The van der Waals surface area contributed by atoms with Gasteiger partial charge in [0.05, 0.1) is 10.7 Å². The molecule has 0 N–H and O–H groups in total. The van der Waals surface area contributed by atoms with Crippen LogP contribution in [0.5, 0.6) is 0 Å². The van der Waals surface area contributed by atoms with Crippen molar-refractivity contribution in [2.45, 2.75) is 6.54 Å². The van der Waals surface area contributed by atoms with E-state index >= 15 is 0 Å². The quantitative estimate of drug-likeness (QED) is 0.437. The Morgan fingerprint density at radius 1 is 1.07 bits per heavy atom. The number of benzene rings is 2. The van der Waals surface area contributed by atoms with Gasteiger partial charge in [0.1, 0.15) is 17.9 Å². The zero-order chi connectivity index (χ0) is 20.7. The van der Waals surface area contributed by atoms with Gasteiger partial charge in [-0.3, -0.25) is 4.79 Å². The molecule has 5 rings (SSSR count). The molecule has 0 atom stereocenters. The molecule has 9 heteroatoms. The molecule has 0 radical (unpaired) electrons. The summed E-state index contributed by atoms with van der Waals surface area (Å²) in [6.45, 7) is 0.101. The lowest BCUT2D eigenvalue weighted by Crippen LogP contribution is -2.21. The summed E-state index contributed by atoms with van der Waals surface area (Å²) in [5.41, 5.74) is 2.05. The Morgan fingerprint density at radius 3 is 2.67 bits per heavy atom. The van der Waals surface area contributed by atoms with Gasteiger partial charge in [-0.25, -0.2) is 8.91 Å². The second-order valence-electron chi connectivity index (χ2n) is 6.59. The van der Waals surface area contributed by atoms with E-state index in [2.05, 4.69) is 15.2 Å². The van der Waals surface area contributed by atoms with Crippen LogP contribution in [0.1, 0.15) is 5.89 Å². The lowest BCUT2D eigenvalue weighted by Gasteiger charge is -2.02. The van der Waals surface area contributed by atoms with Gasteiger partial charge >= 0.3 is 0 Å². The topological polar surface area (TPSA) is 78.2 Å². The molecular weight excluding hydrogens is 409 g/mol. The van der Waals surface area contributed by atoms with Crippen molar-refractivity contribution in [2.24, 2.45) is 0 Å². The molecule has 3 heterocycles. The highest BCUT2D eigenvalue weighted by atomic mass is 35.5. The van der Waals surface area contributed by atoms with Gasteiger partial charge in [0.25, 0.3) is 5.56 Å². The van der Waals surface area contributed by atoms with Crippen LogP contribution < -0.4 is 5.56 Å². The van der Waals surface area contributed by atoms with Gasteiger partial charge in [0, 0.05) is 23.5 Å². The van der Waals surface area contributed by atoms with Crippen molar-refractivity contribution >= 4 is 17.1 Å². The van der Waals surface area contributed by atoms with E-state index in [0.717, 1.165) is 0 Å². The fraction of sp³-hybridized carbons (Fsp3) is 0.0476. The van der Waals surface area contributed by atoms with Gasteiger partial charge in [-0.2, -0.15) is 10.1 Å². The molecular formula is C21H13ClFN5O2. The normalized spacial score (nSPS) is 11.3. The maximum atomic E-state index is 13.2. The number of hydrogen-bond acceptors (Lipinski definition) is 5. The number of fused-ring (bicyclic) bond motifs is 1. The van der Waals surface area contributed by atoms with Crippen LogP contribution in [0.4, 0.5) is 4.39 Å². The van der Waals surface area contributed by atoms with Crippen molar-refractivity contribution in [3.05, 3.63) is 94.1 Å². The number of hydrogen-bond donors (Lipinski definition) is 0. The van der Waals surface area contributed by atoms with Gasteiger partial charge in [-0.15, -0.1) is 0 Å². The Labute approximate surface area is 174 Å². The van der Waals surface area contributed by atoms with E-state index in [1.807, 2.05) is 12.1 Å². The van der Waals surface area contributed by atoms with Crippen LogP contribution in [-0.2, 0) is 6.54 Å². The largest absolute Gasteiger partial charge is 0.337 e. The van der Waals surface area contributed by atoms with Crippen LogP contribution in [0.2, 0.25) is 5.02 Å². The summed E-state index contributed by atoms with van der Waals surface area (Å²) in [4.78, 5) is 17.2. The molecule has 148 valence electrons. The molecule has 0 unspecified atom stereocenters. The van der Waals surface area contributed by atoms with Crippen LogP contribution in [-0.4, -0.2) is 24.3 Å². The standard InChI is InChI=1S/C21H13ClFN5O2/c22-16-4-2-1-3-15(16)20-24-19(30-26-20)12-27-9-10-28-18(21(27)29)11-17(25-28)13-5-7-14(23)8-6-13/h1-11H,12H2. The SMILES string of the molecule is O=c1c2cc(-c3ccc(F)cc3)nn2ccn1Cc1nc(-c2ccccc2Cl)no1. The molecule has 30 heavy (non-hydrogen) atoms. The van der Waals surface area contributed by atoms with E-state index < -0.39 is 0 Å². The molecule has 0 aliphatic rings. The summed E-state index contributed by atoms with van der Waals surface area (Å²) >= 11 is 6.17. The third-order valence-electron chi connectivity index (χ3n) is 4.63. The lowest BCUT2D eigenvalue weighted by molar-refractivity contribution is 0.370. The van der Waals surface area contributed by atoms with E-state index in [4.69, 9.17) is 16.1 Å². The third kappa shape index (κ3) is 3.27. The highest BCUT2D eigenvalue weighted by Crippen LogP contribution is 2.25. The predicted molar refractivity (Wildman–Crippen MR) is 109 cm³/mol. The summed E-state index contributed by atoms with van der Waals surface area (Å²) in [6, 6.07) is 14.8. The van der Waals surface area contributed by atoms with Crippen LogP contribution >= 0.6 is 11.6 Å². The van der Waals surface area contributed by atoms with Gasteiger partial charge in [-0.05, 0) is 42.5 Å². The summed E-state index contributed by atoms with van der Waals surface area (Å²) in [5, 5.41) is 8.85. The van der Waals surface area contributed by atoms with E-state index in [0.29, 0.717) is 33.2 Å². The maximum absolute atomic E-state index is 13.2. The van der Waals surface area contributed by atoms with E-state index in [1.165, 1.54) is 21.2 Å². The molecule has 0 bridgehead atoms. The average molecular weight is 422 g/mol. The highest BCUT2D eigenvalue weighted by Gasteiger charge is 2.14. The minimum absolute atomic E-state index is 0.101. The Kier molecular flexibility index (Phi) is 4.40. The molecule has 3 aromatic heterocycles. The molecule has 7 nitrogen and oxygen atoms in total. The van der Waals surface area contributed by atoms with Gasteiger partial charge in [-0.1, -0.05) is 28.9 Å². The summed E-state index contributed by atoms with van der Waals surface area (Å²) in [5.74, 6) is 0.294. The fourth-order valence-electron chi connectivity index (χ4n) is 3.13. The van der Waals surface area contributed by atoms with Crippen molar-refractivity contribution in [3.63, 3.8) is 0 Å². The zero-order valence-corrected chi connectivity index (χ0v) is 16.1. The van der Waals surface area contributed by atoms with Crippen molar-refractivity contribution in [1.29, 1.82) is 0 Å². The zero-order valence-electron chi connectivity index (χ0n) is 15.4. The first kappa shape index (κ1) is 18.3. The molecule has 0 aliphatic carbocycles. The number of aromatic nitrogens is 5. The van der Waals surface area contributed by atoms with E-state index in [1.54, 1.807) is 42.7 Å². The van der Waals surface area contributed by atoms with Crippen molar-refractivity contribution < 1.29 is 8.91 Å². The molecule has 0 saturated carbocycles. The van der Waals surface area contributed by atoms with Crippen LogP contribution in [0.15, 0.2) is 76.3 Å². The number of halogens is 2. The van der Waals surface area contributed by atoms with Crippen molar-refractivity contribution in [3.8, 4) is 22.6 Å². The molecule has 0 spiro atoms. The maximum Gasteiger partial charge on any atom is 0.277 e. The molecule has 0 saturated heterocycles. The minimum atomic E-state index is -0.333. The Bertz CT molecular complexity index is 1420. The smallest absolute Gasteiger partial charge is 0.277 e. The Morgan fingerprint density at radius 2 is 1.87 bits per heavy atom. The molecule has 0 aliphatic heterocycles. The fourth-order valence-corrected chi connectivity index (χ4v) is 3.35. The molecule has 2 aromatic carbocycles. The Balaban J connectivity index is 1.47. The highest BCUT2D eigenvalue weighted by molar-refractivity contribution is 6.33. The second kappa shape index (κ2) is 7.23. The molecule has 0 fully saturated rings. The first-order chi connectivity index (χ1) is 14.6. The molecule has 5 aromatic rings. The van der Waals surface area contributed by atoms with Crippen LogP contribution in [0.25, 0.3) is 28.2 Å². The average Bonchev–Trinajstić information content (AvgIpc) is 3.39. The molecule has 0 amide bonds. The van der Waals surface area contributed by atoms with E-state index in [9.17, 15) is 9.18 Å². The van der Waals surface area contributed by atoms with Crippen LogP contribution in [0, 0.1) is 5.82 Å². The summed E-state index contributed by atoms with van der Waals surface area (Å²) in [7, 11) is 0. The first-order valence-corrected chi connectivity index (χ1v) is 9.38. The van der Waals surface area contributed by atoms with Crippen molar-refractivity contribution in [2.75, 3.05) is 0 Å². The lowest BCUT2D eigenvalue weighted by atomic mass is 10.1. The van der Waals surface area contributed by atoms with Gasteiger partial charge < -0.3 is 9.09 Å². The third-order valence-corrected chi connectivity index (χ3v) is 4.96. The van der Waals surface area contributed by atoms with Gasteiger partial charge in [0.15, 0.2) is 0 Å². The minimum Gasteiger partial charge on any atom is -0.337 e. The number of rotatable bonds is 4. The van der Waals surface area contributed by atoms with Crippen LogP contribution in [0.3, 0.4) is 0 Å². The summed E-state index contributed by atoms with van der Waals surface area (Å²) in [6.07, 6.45) is 3.26. The first-order valence-electron chi connectivity index (χ1n) is 9.01. The van der Waals surface area contributed by atoms with Crippen molar-refractivity contribution in [1.82, 2.24) is 24.3 Å². The predicted octanol–water partition coefficient (Wildman–Crippen LogP) is 4.05. The Hall–Kier alpha value is -3.78. The summed E-state index contributed by atoms with van der Waals surface area (Å²) < 4.78 is 21.4. The second-order valence-corrected chi connectivity index (χ2v) is 7.00. The monoisotopic (exact) mass is 421 g/mol.